The summed E-state index contributed by atoms with van der Waals surface area (Å²) in [6, 6.07) is 7.32. The van der Waals surface area contributed by atoms with Crippen molar-refractivity contribution < 1.29 is 9.53 Å². The lowest BCUT2D eigenvalue weighted by molar-refractivity contribution is 0.0895. The predicted molar refractivity (Wildman–Crippen MR) is 65.6 cm³/mol. The Morgan fingerprint density at radius 3 is 3.00 bits per heavy atom. The van der Waals surface area contributed by atoms with Crippen LogP contribution in [0, 0.1) is 5.92 Å². The highest BCUT2D eigenvalue weighted by Gasteiger charge is 2.14. The molecule has 92 valence electrons. The van der Waals surface area contributed by atoms with E-state index in [1.165, 1.54) is 0 Å². The molecule has 4 heteroatoms. The minimum Gasteiger partial charge on any atom is -0.376 e. The van der Waals surface area contributed by atoms with E-state index in [4.69, 9.17) is 10.5 Å². The predicted octanol–water partition coefficient (Wildman–Crippen LogP) is 0.912. The summed E-state index contributed by atoms with van der Waals surface area (Å²) in [5.74, 6) is 0.197. The summed E-state index contributed by atoms with van der Waals surface area (Å²) >= 11 is 0. The lowest BCUT2D eigenvalue weighted by Crippen LogP contribution is -2.16. The number of rotatable bonds is 5. The van der Waals surface area contributed by atoms with Crippen LogP contribution in [0.1, 0.15) is 22.3 Å². The molecule has 17 heavy (non-hydrogen) atoms. The van der Waals surface area contributed by atoms with Gasteiger partial charge in [-0.15, -0.1) is 0 Å². The third kappa shape index (κ3) is 3.28. The Morgan fingerprint density at radius 2 is 2.29 bits per heavy atom. The van der Waals surface area contributed by atoms with Crippen molar-refractivity contribution >= 4 is 5.91 Å². The lowest BCUT2D eigenvalue weighted by atomic mass is 10.1. The highest BCUT2D eigenvalue weighted by molar-refractivity contribution is 5.94. The molecule has 0 radical (unpaired) electrons. The second-order valence-corrected chi connectivity index (χ2v) is 4.40. The largest absolute Gasteiger partial charge is 0.376 e. The van der Waals surface area contributed by atoms with Crippen LogP contribution in [0.4, 0.5) is 0 Å². The monoisotopic (exact) mass is 234 g/mol. The molecule has 1 aliphatic rings. The van der Waals surface area contributed by atoms with Gasteiger partial charge in [0.25, 0.3) is 0 Å². The van der Waals surface area contributed by atoms with E-state index >= 15 is 0 Å². The van der Waals surface area contributed by atoms with E-state index in [1.807, 2.05) is 18.2 Å². The fourth-order valence-corrected chi connectivity index (χ4v) is 2.08. The van der Waals surface area contributed by atoms with Crippen molar-refractivity contribution in [3.63, 3.8) is 0 Å². The van der Waals surface area contributed by atoms with Gasteiger partial charge in [0.05, 0.1) is 13.2 Å². The Labute approximate surface area is 101 Å². The zero-order valence-electron chi connectivity index (χ0n) is 9.82. The molecule has 1 unspecified atom stereocenters. The van der Waals surface area contributed by atoms with Gasteiger partial charge in [-0.2, -0.15) is 0 Å². The molecule has 1 saturated heterocycles. The first-order valence-electron chi connectivity index (χ1n) is 5.93. The third-order valence-electron chi connectivity index (χ3n) is 3.06. The standard InChI is InChI=1S/C13H18N2O2/c14-13(16)12-4-2-1-3-11(12)9-17-8-10-5-6-15-7-10/h1-4,10,15H,5-9H2,(H2,14,16). The fraction of sp³-hybridized carbons (Fsp3) is 0.462. The molecule has 1 fully saturated rings. The molecule has 2 rings (SSSR count). The number of primary amides is 1. The second kappa shape index (κ2) is 5.80. The molecule has 1 amide bonds. The van der Waals surface area contributed by atoms with Crippen LogP contribution in [0.5, 0.6) is 0 Å². The zero-order valence-corrected chi connectivity index (χ0v) is 9.82. The quantitative estimate of drug-likeness (QED) is 0.796. The number of nitrogens with one attached hydrogen (secondary N) is 1. The summed E-state index contributed by atoms with van der Waals surface area (Å²) in [7, 11) is 0. The van der Waals surface area contributed by atoms with Crippen LogP contribution in [0.15, 0.2) is 24.3 Å². The zero-order chi connectivity index (χ0) is 12.1. The van der Waals surface area contributed by atoms with Crippen molar-refractivity contribution in [3.8, 4) is 0 Å². The first-order valence-corrected chi connectivity index (χ1v) is 5.93. The highest BCUT2D eigenvalue weighted by atomic mass is 16.5. The maximum atomic E-state index is 11.2. The molecule has 0 spiro atoms. The smallest absolute Gasteiger partial charge is 0.249 e. The van der Waals surface area contributed by atoms with Gasteiger partial charge in [-0.05, 0) is 30.5 Å². The molecule has 4 nitrogen and oxygen atoms in total. The van der Waals surface area contributed by atoms with Gasteiger partial charge in [0, 0.05) is 12.1 Å². The minimum atomic E-state index is -0.397. The van der Waals surface area contributed by atoms with Crippen LogP contribution in [0.2, 0.25) is 0 Å². The van der Waals surface area contributed by atoms with E-state index in [-0.39, 0.29) is 0 Å². The highest BCUT2D eigenvalue weighted by Crippen LogP contribution is 2.12. The number of benzene rings is 1. The van der Waals surface area contributed by atoms with E-state index in [9.17, 15) is 4.79 Å². The van der Waals surface area contributed by atoms with Gasteiger partial charge < -0.3 is 15.8 Å². The van der Waals surface area contributed by atoms with Crippen molar-refractivity contribution in [1.82, 2.24) is 5.32 Å². The normalized spacial score (nSPS) is 19.4. The van der Waals surface area contributed by atoms with Gasteiger partial charge in [-0.25, -0.2) is 0 Å². The average Bonchev–Trinajstić information content (AvgIpc) is 2.82. The first-order chi connectivity index (χ1) is 8.27. The molecule has 0 saturated carbocycles. The fourth-order valence-electron chi connectivity index (χ4n) is 2.08. The maximum Gasteiger partial charge on any atom is 0.249 e. The van der Waals surface area contributed by atoms with Crippen molar-refractivity contribution in [2.75, 3.05) is 19.7 Å². The molecule has 1 aromatic rings. The van der Waals surface area contributed by atoms with Gasteiger partial charge in [-0.3, -0.25) is 4.79 Å². The average molecular weight is 234 g/mol. The number of nitrogens with two attached hydrogens (primary N) is 1. The molecular weight excluding hydrogens is 216 g/mol. The maximum absolute atomic E-state index is 11.2. The molecular formula is C13H18N2O2. The van der Waals surface area contributed by atoms with Crippen LogP contribution in [0.25, 0.3) is 0 Å². The van der Waals surface area contributed by atoms with Crippen LogP contribution < -0.4 is 11.1 Å². The second-order valence-electron chi connectivity index (χ2n) is 4.40. The van der Waals surface area contributed by atoms with Gasteiger partial charge >= 0.3 is 0 Å². The van der Waals surface area contributed by atoms with E-state index in [1.54, 1.807) is 6.07 Å². The molecule has 0 aliphatic carbocycles. The minimum absolute atomic E-state index is 0.397. The van der Waals surface area contributed by atoms with Gasteiger partial charge in [0.2, 0.25) is 5.91 Å². The molecule has 0 bridgehead atoms. The molecule has 0 aromatic heterocycles. The Morgan fingerprint density at radius 1 is 1.47 bits per heavy atom. The van der Waals surface area contributed by atoms with Crippen LogP contribution >= 0.6 is 0 Å². The van der Waals surface area contributed by atoms with Crippen molar-refractivity contribution in [2.45, 2.75) is 13.0 Å². The van der Waals surface area contributed by atoms with E-state index in [0.29, 0.717) is 18.1 Å². The van der Waals surface area contributed by atoms with Crippen LogP contribution in [-0.4, -0.2) is 25.6 Å². The number of hydrogen-bond donors (Lipinski definition) is 2. The number of hydrogen-bond acceptors (Lipinski definition) is 3. The summed E-state index contributed by atoms with van der Waals surface area (Å²) in [5.41, 5.74) is 6.72. The van der Waals surface area contributed by atoms with Crippen molar-refractivity contribution in [2.24, 2.45) is 11.7 Å². The summed E-state index contributed by atoms with van der Waals surface area (Å²) in [4.78, 5) is 11.2. The number of carbonyl (C=O) groups is 1. The van der Waals surface area contributed by atoms with E-state index in [2.05, 4.69) is 5.32 Å². The van der Waals surface area contributed by atoms with Crippen LogP contribution in [0.3, 0.4) is 0 Å². The van der Waals surface area contributed by atoms with Gasteiger partial charge in [-0.1, -0.05) is 18.2 Å². The number of carbonyl (C=O) groups excluding carboxylic acids is 1. The summed E-state index contributed by atoms with van der Waals surface area (Å²) in [5, 5.41) is 3.30. The molecule has 1 aromatic carbocycles. The summed E-state index contributed by atoms with van der Waals surface area (Å²) < 4.78 is 5.65. The molecule has 1 heterocycles. The molecule has 1 atom stereocenters. The van der Waals surface area contributed by atoms with E-state index < -0.39 is 5.91 Å². The lowest BCUT2D eigenvalue weighted by Gasteiger charge is -2.11. The van der Waals surface area contributed by atoms with E-state index in [0.717, 1.165) is 31.7 Å². The Balaban J connectivity index is 1.87. The molecule has 3 N–H and O–H groups in total. The van der Waals surface area contributed by atoms with Gasteiger partial charge in [0.15, 0.2) is 0 Å². The summed E-state index contributed by atoms with van der Waals surface area (Å²) in [6.45, 7) is 3.29. The summed E-state index contributed by atoms with van der Waals surface area (Å²) in [6.07, 6.45) is 1.16. The Kier molecular flexibility index (Phi) is 4.12. The van der Waals surface area contributed by atoms with Crippen molar-refractivity contribution in [3.05, 3.63) is 35.4 Å². The molecule has 1 aliphatic heterocycles. The van der Waals surface area contributed by atoms with Gasteiger partial charge in [0.1, 0.15) is 0 Å². The Hall–Kier alpha value is -1.39. The van der Waals surface area contributed by atoms with Crippen LogP contribution in [-0.2, 0) is 11.3 Å². The Bertz CT molecular complexity index is 387. The number of ether oxygens (including phenoxy) is 1. The van der Waals surface area contributed by atoms with Crippen molar-refractivity contribution in [1.29, 1.82) is 0 Å². The SMILES string of the molecule is NC(=O)c1ccccc1COCC1CCNC1. The number of amides is 1. The topological polar surface area (TPSA) is 64.4 Å². The third-order valence-corrected chi connectivity index (χ3v) is 3.06. The first kappa shape index (κ1) is 12.1.